The molecule has 1 saturated carbocycles. The summed E-state index contributed by atoms with van der Waals surface area (Å²) in [6.45, 7) is -0.130. The summed E-state index contributed by atoms with van der Waals surface area (Å²) in [5.41, 5.74) is 1.92. The molecule has 1 aliphatic rings. The number of halogens is 2. The number of benzene rings is 1. The van der Waals surface area contributed by atoms with Crippen molar-refractivity contribution in [2.45, 2.75) is 49.2 Å². The summed E-state index contributed by atoms with van der Waals surface area (Å²) in [5, 5.41) is 2.97. The molecule has 9 nitrogen and oxygen atoms in total. The van der Waals surface area contributed by atoms with Gasteiger partial charge in [-0.1, -0.05) is 23.7 Å². The predicted molar refractivity (Wildman–Crippen MR) is 151 cm³/mol. The van der Waals surface area contributed by atoms with Gasteiger partial charge in [0, 0.05) is 35.6 Å². The smallest absolute Gasteiger partial charge is 0.242 e. The first-order valence-corrected chi connectivity index (χ1v) is 14.4. The zero-order chi connectivity index (χ0) is 28.0. The van der Waals surface area contributed by atoms with Crippen molar-refractivity contribution in [2.75, 3.05) is 26.5 Å². The summed E-state index contributed by atoms with van der Waals surface area (Å²) in [6.07, 6.45) is 11.7. The second kappa shape index (κ2) is 12.8. The minimum absolute atomic E-state index is 0.130. The van der Waals surface area contributed by atoms with Gasteiger partial charge in [0.15, 0.2) is 0 Å². The van der Waals surface area contributed by atoms with E-state index in [1.807, 2.05) is 12.2 Å². The van der Waals surface area contributed by atoms with E-state index in [2.05, 4.69) is 44.0 Å². The van der Waals surface area contributed by atoms with Crippen LogP contribution >= 0.6 is 11.6 Å². The van der Waals surface area contributed by atoms with Crippen molar-refractivity contribution in [1.82, 2.24) is 24.6 Å². The van der Waals surface area contributed by atoms with E-state index >= 15 is 0 Å². The molecule has 0 atom stereocenters. The molecule has 39 heavy (non-hydrogen) atoms. The van der Waals surface area contributed by atoms with Crippen LogP contribution in [0.4, 0.5) is 10.3 Å². The number of aromatic nitrogens is 3. The Balaban J connectivity index is 1.36. The fourth-order valence-corrected chi connectivity index (χ4v) is 5.94. The lowest BCUT2D eigenvalue weighted by Crippen LogP contribution is -2.36. The van der Waals surface area contributed by atoms with Gasteiger partial charge >= 0.3 is 0 Å². The van der Waals surface area contributed by atoms with Crippen LogP contribution in [0.25, 0.3) is 12.2 Å². The van der Waals surface area contributed by atoms with E-state index in [0.717, 1.165) is 37.3 Å². The van der Waals surface area contributed by atoms with Crippen LogP contribution in [0.15, 0.2) is 47.6 Å². The molecular weight excluding hydrogens is 543 g/mol. The van der Waals surface area contributed by atoms with Crippen LogP contribution in [-0.2, 0) is 16.6 Å². The molecule has 0 spiro atoms. The van der Waals surface area contributed by atoms with Crippen molar-refractivity contribution in [1.29, 1.82) is 0 Å². The summed E-state index contributed by atoms with van der Waals surface area (Å²) in [6, 6.07) is 8.07. The lowest BCUT2D eigenvalue weighted by molar-refractivity contribution is 0.221. The molecule has 0 radical (unpaired) electrons. The molecule has 1 fully saturated rings. The number of nitrogens with one attached hydrogen (secondary N) is 2. The van der Waals surface area contributed by atoms with Crippen molar-refractivity contribution < 1.29 is 17.5 Å². The molecule has 3 aromatic rings. The molecule has 0 saturated heterocycles. The molecule has 2 N–H and O–H groups in total. The summed E-state index contributed by atoms with van der Waals surface area (Å²) >= 11 is 5.83. The fourth-order valence-electron chi connectivity index (χ4n) is 4.42. The van der Waals surface area contributed by atoms with Gasteiger partial charge in [0.05, 0.1) is 24.4 Å². The van der Waals surface area contributed by atoms with Gasteiger partial charge in [-0.15, -0.1) is 0 Å². The van der Waals surface area contributed by atoms with Gasteiger partial charge in [0.25, 0.3) is 0 Å². The molecular formula is C27H32ClFN6O3S. The van der Waals surface area contributed by atoms with E-state index in [-0.39, 0.29) is 11.4 Å². The molecule has 12 heteroatoms. The van der Waals surface area contributed by atoms with E-state index < -0.39 is 20.9 Å². The molecule has 1 aliphatic carbocycles. The average molecular weight is 575 g/mol. The first-order valence-electron chi connectivity index (χ1n) is 12.6. The summed E-state index contributed by atoms with van der Waals surface area (Å²) < 4.78 is 46.6. The molecule has 1 aromatic carbocycles. The maximum atomic E-state index is 13.7. The van der Waals surface area contributed by atoms with Crippen molar-refractivity contribution >= 4 is 39.7 Å². The number of hydrogen-bond acceptors (Lipinski definition) is 8. The second-order valence-electron chi connectivity index (χ2n) is 9.56. The van der Waals surface area contributed by atoms with Gasteiger partial charge in [-0.05, 0) is 70.1 Å². The summed E-state index contributed by atoms with van der Waals surface area (Å²) in [4.78, 5) is 15.2. The highest BCUT2D eigenvalue weighted by Crippen LogP contribution is 2.25. The molecule has 0 unspecified atom stereocenters. The van der Waals surface area contributed by atoms with Crippen LogP contribution in [0.2, 0.25) is 5.02 Å². The highest BCUT2D eigenvalue weighted by molar-refractivity contribution is 7.89. The Morgan fingerprint density at radius 1 is 1.10 bits per heavy atom. The quantitative estimate of drug-likeness (QED) is 0.361. The van der Waals surface area contributed by atoms with Crippen molar-refractivity contribution in [3.8, 4) is 5.88 Å². The molecule has 208 valence electrons. The fraction of sp³-hybridized carbons (Fsp3) is 0.370. The standard InChI is InChI=1S/C27H32ClFN6O3S/c1-35(2)22-13-11-20(12-14-22)34-27-30-15-18(16-31-27)7-8-19-9-10-21(33-26(19)38-3)17-32-39(36,37)24-6-4-5-23(29)25(24)28/h4-10,15-16,20,22,32H,11-14,17H2,1-3H3,(H,30,31,34)/b8-7+. The number of sulfonamides is 1. The summed E-state index contributed by atoms with van der Waals surface area (Å²) in [5.74, 6) is 0.125. The van der Waals surface area contributed by atoms with Crippen LogP contribution in [0.1, 0.15) is 42.5 Å². The highest BCUT2D eigenvalue weighted by Gasteiger charge is 2.23. The lowest BCUT2D eigenvalue weighted by atomic mass is 9.91. The van der Waals surface area contributed by atoms with Gasteiger partial charge in [-0.25, -0.2) is 32.5 Å². The van der Waals surface area contributed by atoms with Gasteiger partial charge in [-0.2, -0.15) is 0 Å². The second-order valence-corrected chi connectivity index (χ2v) is 11.7. The molecule has 2 aromatic heterocycles. The first kappa shape index (κ1) is 28.9. The van der Waals surface area contributed by atoms with E-state index in [1.165, 1.54) is 19.2 Å². The van der Waals surface area contributed by atoms with E-state index in [4.69, 9.17) is 16.3 Å². The monoisotopic (exact) mass is 574 g/mol. The van der Waals surface area contributed by atoms with Gasteiger partial charge in [-0.3, -0.25) is 0 Å². The largest absolute Gasteiger partial charge is 0.481 e. The first-order chi connectivity index (χ1) is 18.7. The van der Waals surface area contributed by atoms with Crippen molar-refractivity contribution in [3.05, 3.63) is 70.4 Å². The van der Waals surface area contributed by atoms with Crippen LogP contribution in [0.5, 0.6) is 5.88 Å². The Hall–Kier alpha value is -3.12. The van der Waals surface area contributed by atoms with Crippen LogP contribution in [0, 0.1) is 5.82 Å². The Bertz CT molecular complexity index is 1410. The lowest BCUT2D eigenvalue weighted by Gasteiger charge is -2.32. The Morgan fingerprint density at radius 2 is 1.82 bits per heavy atom. The minimum Gasteiger partial charge on any atom is -0.481 e. The molecule has 0 bridgehead atoms. The topological polar surface area (TPSA) is 109 Å². The van der Waals surface area contributed by atoms with Crippen molar-refractivity contribution in [3.63, 3.8) is 0 Å². The average Bonchev–Trinajstić information content (AvgIpc) is 2.93. The number of nitrogens with zero attached hydrogens (tertiary/aromatic N) is 4. The van der Waals surface area contributed by atoms with Crippen LogP contribution in [-0.4, -0.2) is 61.6 Å². The molecule has 0 aliphatic heterocycles. The SMILES string of the molecule is COc1nc(CNS(=O)(=O)c2cccc(F)c2Cl)ccc1/C=C/c1cnc(NC2CCC(N(C)C)CC2)nc1. The number of ether oxygens (including phenoxy) is 1. The minimum atomic E-state index is -4.04. The molecule has 0 amide bonds. The zero-order valence-corrected chi connectivity index (χ0v) is 23.6. The van der Waals surface area contributed by atoms with Crippen LogP contribution < -0.4 is 14.8 Å². The maximum absolute atomic E-state index is 13.7. The Morgan fingerprint density at radius 3 is 2.49 bits per heavy atom. The van der Waals surface area contributed by atoms with Gasteiger partial charge in [0.1, 0.15) is 10.7 Å². The zero-order valence-electron chi connectivity index (χ0n) is 22.1. The normalized spacial score (nSPS) is 18.0. The van der Waals surface area contributed by atoms with Gasteiger partial charge < -0.3 is 15.0 Å². The third-order valence-corrected chi connectivity index (χ3v) is 8.62. The maximum Gasteiger partial charge on any atom is 0.242 e. The predicted octanol–water partition coefficient (Wildman–Crippen LogP) is 4.61. The van der Waals surface area contributed by atoms with Crippen molar-refractivity contribution in [2.24, 2.45) is 0 Å². The number of methoxy groups -OCH3 is 1. The van der Waals surface area contributed by atoms with E-state index in [9.17, 15) is 12.8 Å². The van der Waals surface area contributed by atoms with Crippen LogP contribution in [0.3, 0.4) is 0 Å². The third kappa shape index (κ3) is 7.51. The third-order valence-electron chi connectivity index (χ3n) is 6.68. The molecule has 2 heterocycles. The number of pyridine rings is 1. The Labute approximate surface area is 233 Å². The van der Waals surface area contributed by atoms with E-state index in [0.29, 0.717) is 35.2 Å². The molecule has 4 rings (SSSR count). The Kier molecular flexibility index (Phi) is 9.49. The number of hydrogen-bond donors (Lipinski definition) is 2. The summed E-state index contributed by atoms with van der Waals surface area (Å²) in [7, 11) is 1.70. The van der Waals surface area contributed by atoms with Gasteiger partial charge in [0.2, 0.25) is 21.9 Å². The number of anilines is 1. The number of rotatable bonds is 10. The van der Waals surface area contributed by atoms with E-state index in [1.54, 1.807) is 24.5 Å². The highest BCUT2D eigenvalue weighted by atomic mass is 35.5.